The lowest BCUT2D eigenvalue weighted by Crippen LogP contribution is -2.61. The van der Waals surface area contributed by atoms with E-state index in [0.717, 1.165) is 19.3 Å². The SMILES string of the molecule is Cc1cc2c3c(c1)N(c1ccc(C(C)(C)C)cc1-c1ccccc1)c1cc4c(cc1B3c1ccc(N3c5ccc(-c6ccc(C(C)(C)C)cc6)cc5C5(C)CCCCC35C)cc1N2c1ccc(C(C)(C)C)cc1)CC(C)(C)C4. The average molecular weight is 1020 g/mol. The maximum atomic E-state index is 2.80. The van der Waals surface area contributed by atoms with Crippen LogP contribution in [-0.2, 0) is 34.5 Å². The van der Waals surface area contributed by atoms with Crippen LogP contribution < -0.4 is 31.1 Å². The molecule has 13 rings (SSSR count). The van der Waals surface area contributed by atoms with Gasteiger partial charge in [-0.25, -0.2) is 0 Å². The van der Waals surface area contributed by atoms with Gasteiger partial charge in [0.25, 0.3) is 6.71 Å². The lowest BCUT2D eigenvalue weighted by Gasteiger charge is -2.50. The second-order valence-electron chi connectivity index (χ2n) is 28.6. The summed E-state index contributed by atoms with van der Waals surface area (Å²) in [6.07, 6.45) is 6.95. The molecule has 78 heavy (non-hydrogen) atoms. The van der Waals surface area contributed by atoms with Gasteiger partial charge in [-0.1, -0.05) is 187 Å². The van der Waals surface area contributed by atoms with Crippen molar-refractivity contribution in [2.75, 3.05) is 14.7 Å². The number of aryl methyl sites for hydroxylation is 1. The van der Waals surface area contributed by atoms with Crippen LogP contribution in [0.3, 0.4) is 0 Å². The highest BCUT2D eigenvalue weighted by Crippen LogP contribution is 2.62. The van der Waals surface area contributed by atoms with Crippen molar-refractivity contribution in [3.8, 4) is 22.3 Å². The Balaban J connectivity index is 1.05. The van der Waals surface area contributed by atoms with Crippen LogP contribution in [0.25, 0.3) is 22.3 Å². The van der Waals surface area contributed by atoms with Gasteiger partial charge in [-0.3, -0.25) is 0 Å². The number of nitrogens with zero attached hydrogens (tertiary/aromatic N) is 3. The zero-order valence-electron chi connectivity index (χ0n) is 49.2. The Hall–Kier alpha value is -6.78. The smallest absolute Gasteiger partial charge is 0.252 e. The molecule has 8 aromatic carbocycles. The largest absolute Gasteiger partial charge is 0.334 e. The molecule has 3 aliphatic heterocycles. The van der Waals surface area contributed by atoms with Crippen LogP contribution in [-0.4, -0.2) is 12.3 Å². The first kappa shape index (κ1) is 50.7. The summed E-state index contributed by atoms with van der Waals surface area (Å²) < 4.78 is 0. The third-order valence-corrected chi connectivity index (χ3v) is 19.5. The maximum Gasteiger partial charge on any atom is 0.252 e. The molecular formula is C74H80BN3. The quantitative estimate of drug-likeness (QED) is 0.159. The summed E-state index contributed by atoms with van der Waals surface area (Å²) in [5.74, 6) is 0. The lowest BCUT2D eigenvalue weighted by atomic mass is 9.33. The molecule has 1 fully saturated rings. The van der Waals surface area contributed by atoms with Gasteiger partial charge in [0.1, 0.15) is 0 Å². The average Bonchev–Trinajstić information content (AvgIpc) is 4.03. The van der Waals surface area contributed by atoms with Gasteiger partial charge in [0.15, 0.2) is 0 Å². The fourth-order valence-corrected chi connectivity index (χ4v) is 15.0. The molecule has 1 saturated carbocycles. The predicted octanol–water partition coefficient (Wildman–Crippen LogP) is 18.2. The first-order valence-corrected chi connectivity index (χ1v) is 29.3. The Bertz CT molecular complexity index is 3710. The Morgan fingerprint density at radius 1 is 0.436 bits per heavy atom. The van der Waals surface area contributed by atoms with E-state index in [1.807, 2.05) is 0 Å². The van der Waals surface area contributed by atoms with Crippen LogP contribution in [0.2, 0.25) is 0 Å². The topological polar surface area (TPSA) is 9.72 Å². The molecule has 0 radical (unpaired) electrons. The molecule has 4 heteroatoms. The van der Waals surface area contributed by atoms with Crippen LogP contribution >= 0.6 is 0 Å². The standard InChI is InChI=1S/C74H80BN3/c1-47-38-66-68-67(39-47)77(62-35-29-55(71(8,9)10)43-58(62)49-20-16-15-17-21-49)64-42-52-46-72(11,12)45-51(52)41-61(64)75(68)60-33-32-57(44-65(60)76(66)56-30-27-54(28-31-56)70(5,6)7)78-63-34-24-50(48-22-25-53(26-23-48)69(2,3)4)40-59(63)73(13)36-18-19-37-74(73,78)14/h15-17,20-35,38-44H,18-19,36-37,45-46H2,1-14H3. The van der Waals surface area contributed by atoms with Gasteiger partial charge in [0.05, 0.1) is 11.2 Å². The molecule has 3 nitrogen and oxygen atoms in total. The van der Waals surface area contributed by atoms with Crippen molar-refractivity contribution in [2.45, 2.75) is 163 Å². The van der Waals surface area contributed by atoms with Crippen molar-refractivity contribution in [1.82, 2.24) is 0 Å². The molecule has 2 aliphatic carbocycles. The van der Waals surface area contributed by atoms with E-state index >= 15 is 0 Å². The molecule has 0 amide bonds. The van der Waals surface area contributed by atoms with Gasteiger partial charge in [-0.2, -0.15) is 0 Å². The predicted molar refractivity (Wildman–Crippen MR) is 336 cm³/mol. The number of fused-ring (bicyclic) bond motifs is 8. The van der Waals surface area contributed by atoms with E-state index < -0.39 is 0 Å². The Morgan fingerprint density at radius 2 is 1.00 bits per heavy atom. The van der Waals surface area contributed by atoms with Crippen molar-refractivity contribution in [1.29, 1.82) is 0 Å². The van der Waals surface area contributed by atoms with Gasteiger partial charge < -0.3 is 14.7 Å². The highest BCUT2D eigenvalue weighted by molar-refractivity contribution is 7.00. The maximum absolute atomic E-state index is 2.80. The Morgan fingerprint density at radius 3 is 1.67 bits per heavy atom. The third kappa shape index (κ3) is 7.88. The fraction of sp³-hybridized carbons (Fsp3) is 0.351. The molecule has 0 N–H and O–H groups in total. The second-order valence-corrected chi connectivity index (χ2v) is 28.6. The minimum Gasteiger partial charge on any atom is -0.334 e. The van der Waals surface area contributed by atoms with Crippen LogP contribution in [0.4, 0.5) is 45.5 Å². The van der Waals surface area contributed by atoms with E-state index in [-0.39, 0.29) is 39.3 Å². The van der Waals surface area contributed by atoms with E-state index in [9.17, 15) is 0 Å². The van der Waals surface area contributed by atoms with Crippen molar-refractivity contribution in [3.05, 3.63) is 197 Å². The van der Waals surface area contributed by atoms with Crippen LogP contribution in [0.15, 0.2) is 158 Å². The third-order valence-electron chi connectivity index (χ3n) is 19.5. The number of anilines is 8. The molecule has 0 saturated heterocycles. The molecule has 3 heterocycles. The van der Waals surface area contributed by atoms with Crippen molar-refractivity contribution in [2.24, 2.45) is 5.41 Å². The number of hydrogen-bond donors (Lipinski definition) is 0. The Labute approximate surface area is 467 Å². The zero-order chi connectivity index (χ0) is 54.6. The monoisotopic (exact) mass is 1020 g/mol. The molecule has 2 unspecified atom stereocenters. The summed E-state index contributed by atoms with van der Waals surface area (Å²) >= 11 is 0. The normalized spacial score (nSPS) is 20.0. The summed E-state index contributed by atoms with van der Waals surface area (Å²) in [5, 5.41) is 0. The van der Waals surface area contributed by atoms with Gasteiger partial charge in [-0.15, -0.1) is 0 Å². The molecule has 2 atom stereocenters. The number of hydrogen-bond acceptors (Lipinski definition) is 3. The number of benzene rings is 8. The summed E-state index contributed by atoms with van der Waals surface area (Å²) in [6.45, 7) is 33.3. The Kier molecular flexibility index (Phi) is 11.3. The van der Waals surface area contributed by atoms with Crippen LogP contribution in [0.1, 0.15) is 155 Å². The highest BCUT2D eigenvalue weighted by atomic mass is 15.3. The first-order valence-electron chi connectivity index (χ1n) is 29.3. The van der Waals surface area contributed by atoms with E-state index in [1.165, 1.54) is 142 Å². The number of rotatable bonds is 5. The second kappa shape index (κ2) is 17.4. The summed E-state index contributed by atoms with van der Waals surface area (Å²) in [7, 11) is 0. The minimum absolute atomic E-state index is 0.0144. The molecule has 0 spiro atoms. The van der Waals surface area contributed by atoms with Crippen LogP contribution in [0.5, 0.6) is 0 Å². The van der Waals surface area contributed by atoms with Gasteiger partial charge >= 0.3 is 0 Å². The summed E-state index contributed by atoms with van der Waals surface area (Å²) in [4.78, 5) is 8.12. The zero-order valence-corrected chi connectivity index (χ0v) is 49.2. The summed E-state index contributed by atoms with van der Waals surface area (Å²) in [5.41, 5.74) is 29.4. The summed E-state index contributed by atoms with van der Waals surface area (Å²) in [6, 6.07) is 62.7. The van der Waals surface area contributed by atoms with Crippen molar-refractivity contribution < 1.29 is 0 Å². The van der Waals surface area contributed by atoms with Gasteiger partial charge in [0, 0.05) is 50.8 Å². The molecule has 0 bridgehead atoms. The van der Waals surface area contributed by atoms with Gasteiger partial charge in [0.2, 0.25) is 0 Å². The van der Waals surface area contributed by atoms with E-state index in [0.29, 0.717) is 0 Å². The van der Waals surface area contributed by atoms with E-state index in [2.05, 4.69) is 269 Å². The van der Waals surface area contributed by atoms with Crippen molar-refractivity contribution in [3.63, 3.8) is 0 Å². The first-order chi connectivity index (χ1) is 36.9. The minimum atomic E-state index is -0.115. The molecule has 8 aromatic rings. The van der Waals surface area contributed by atoms with E-state index in [1.54, 1.807) is 0 Å². The highest BCUT2D eigenvalue weighted by Gasteiger charge is 2.58. The molecule has 394 valence electrons. The molecule has 5 aliphatic rings. The lowest BCUT2D eigenvalue weighted by molar-refractivity contribution is 0.195. The van der Waals surface area contributed by atoms with Crippen LogP contribution in [0, 0.1) is 12.3 Å². The fourth-order valence-electron chi connectivity index (χ4n) is 15.0. The molecular weight excluding hydrogens is 942 g/mol. The van der Waals surface area contributed by atoms with Crippen molar-refractivity contribution >= 4 is 68.6 Å². The van der Waals surface area contributed by atoms with E-state index in [4.69, 9.17) is 0 Å². The molecule has 0 aromatic heterocycles. The van der Waals surface area contributed by atoms with Gasteiger partial charge in [-0.05, 0) is 200 Å².